The van der Waals surface area contributed by atoms with Crippen LogP contribution in [0, 0.1) is 6.92 Å². The predicted molar refractivity (Wildman–Crippen MR) is 114 cm³/mol. The van der Waals surface area contributed by atoms with Crippen LogP contribution in [-0.4, -0.2) is 19.9 Å². The van der Waals surface area contributed by atoms with Gasteiger partial charge in [-0.3, -0.25) is 4.79 Å². The first-order chi connectivity index (χ1) is 13.6. The Morgan fingerprint density at radius 3 is 2.54 bits per heavy atom. The lowest BCUT2D eigenvalue weighted by Crippen LogP contribution is -2.06. The van der Waals surface area contributed by atoms with Crippen molar-refractivity contribution in [1.29, 1.82) is 0 Å². The molecule has 0 spiro atoms. The van der Waals surface area contributed by atoms with Gasteiger partial charge in [-0.2, -0.15) is 0 Å². The van der Waals surface area contributed by atoms with Gasteiger partial charge in [0.25, 0.3) is 0 Å². The minimum atomic E-state index is -0.210. The van der Waals surface area contributed by atoms with Crippen molar-refractivity contribution < 1.29 is 0 Å². The SMILES string of the molecule is Cc1nc2c(Cl)cc(-c3nc4ccc(=O)[nH]c4nc3-c3ccccc3)cc2s1. The highest BCUT2D eigenvalue weighted by atomic mass is 35.5. The Morgan fingerprint density at radius 1 is 0.929 bits per heavy atom. The van der Waals surface area contributed by atoms with E-state index in [0.29, 0.717) is 27.6 Å². The summed E-state index contributed by atoms with van der Waals surface area (Å²) in [6.45, 7) is 1.96. The monoisotopic (exact) mass is 404 g/mol. The molecule has 0 aliphatic heterocycles. The first-order valence-electron chi connectivity index (χ1n) is 8.62. The van der Waals surface area contributed by atoms with Crippen molar-refractivity contribution in [3.63, 3.8) is 0 Å². The molecule has 0 saturated heterocycles. The molecule has 0 saturated carbocycles. The quantitative estimate of drug-likeness (QED) is 0.437. The molecule has 5 rings (SSSR count). The zero-order chi connectivity index (χ0) is 19.3. The molecule has 0 aliphatic rings. The molecule has 0 bridgehead atoms. The first-order valence-corrected chi connectivity index (χ1v) is 9.81. The number of benzene rings is 2. The van der Waals surface area contributed by atoms with Crippen LogP contribution < -0.4 is 5.56 Å². The molecule has 0 radical (unpaired) electrons. The second kappa shape index (κ2) is 6.51. The van der Waals surface area contributed by atoms with Crippen LogP contribution in [0.25, 0.3) is 43.9 Å². The molecule has 136 valence electrons. The van der Waals surface area contributed by atoms with Crippen LogP contribution in [0.15, 0.2) is 59.4 Å². The molecule has 3 aromatic heterocycles. The summed E-state index contributed by atoms with van der Waals surface area (Å²) in [5.74, 6) is 0. The predicted octanol–water partition coefficient (Wildman–Crippen LogP) is 5.22. The third-order valence-electron chi connectivity index (χ3n) is 4.43. The molecule has 7 heteroatoms. The molecule has 0 fully saturated rings. The molecule has 5 aromatic rings. The minimum Gasteiger partial charge on any atom is -0.305 e. The van der Waals surface area contributed by atoms with Crippen LogP contribution in [-0.2, 0) is 0 Å². The van der Waals surface area contributed by atoms with E-state index in [9.17, 15) is 4.79 Å². The summed E-state index contributed by atoms with van der Waals surface area (Å²) < 4.78 is 1.00. The fourth-order valence-corrected chi connectivity index (χ4v) is 4.42. The molecule has 0 amide bonds. The molecule has 3 heterocycles. The molecular weight excluding hydrogens is 392 g/mol. The smallest absolute Gasteiger partial charge is 0.249 e. The van der Waals surface area contributed by atoms with Gasteiger partial charge in [0.05, 0.1) is 26.1 Å². The Balaban J connectivity index is 1.85. The number of halogens is 1. The van der Waals surface area contributed by atoms with E-state index < -0.39 is 0 Å². The number of aryl methyl sites for hydroxylation is 1. The van der Waals surface area contributed by atoms with E-state index >= 15 is 0 Å². The Labute approximate surface area is 168 Å². The Bertz CT molecular complexity index is 1410. The molecule has 1 N–H and O–H groups in total. The maximum atomic E-state index is 11.7. The first kappa shape index (κ1) is 17.0. The molecular formula is C21H13ClN4OS. The van der Waals surface area contributed by atoms with Crippen molar-refractivity contribution in [2.45, 2.75) is 6.92 Å². The van der Waals surface area contributed by atoms with E-state index in [0.717, 1.165) is 26.4 Å². The molecule has 28 heavy (non-hydrogen) atoms. The average Bonchev–Trinajstić information content (AvgIpc) is 3.08. The van der Waals surface area contributed by atoms with Gasteiger partial charge >= 0.3 is 0 Å². The van der Waals surface area contributed by atoms with Crippen molar-refractivity contribution in [1.82, 2.24) is 19.9 Å². The van der Waals surface area contributed by atoms with Gasteiger partial charge < -0.3 is 4.98 Å². The summed E-state index contributed by atoms with van der Waals surface area (Å²) in [7, 11) is 0. The Kier molecular flexibility index (Phi) is 3.96. The van der Waals surface area contributed by atoms with Gasteiger partial charge in [0.2, 0.25) is 5.56 Å². The van der Waals surface area contributed by atoms with Crippen molar-refractivity contribution in [2.24, 2.45) is 0 Å². The zero-order valence-electron chi connectivity index (χ0n) is 14.7. The highest BCUT2D eigenvalue weighted by Crippen LogP contribution is 2.36. The van der Waals surface area contributed by atoms with Gasteiger partial charge in [0.15, 0.2) is 5.65 Å². The summed E-state index contributed by atoms with van der Waals surface area (Å²) in [5, 5.41) is 1.54. The summed E-state index contributed by atoms with van der Waals surface area (Å²) in [5.41, 5.74) is 4.83. The summed E-state index contributed by atoms with van der Waals surface area (Å²) in [6.07, 6.45) is 0. The number of pyridine rings is 1. The maximum Gasteiger partial charge on any atom is 0.249 e. The van der Waals surface area contributed by atoms with Crippen molar-refractivity contribution in [3.8, 4) is 22.5 Å². The number of aromatic nitrogens is 4. The number of thiazole rings is 1. The van der Waals surface area contributed by atoms with E-state index in [1.807, 2.05) is 49.4 Å². The molecule has 0 unspecified atom stereocenters. The van der Waals surface area contributed by atoms with Crippen LogP contribution >= 0.6 is 22.9 Å². The largest absolute Gasteiger partial charge is 0.305 e. The lowest BCUT2D eigenvalue weighted by Gasteiger charge is -2.11. The highest BCUT2D eigenvalue weighted by molar-refractivity contribution is 7.18. The summed E-state index contributed by atoms with van der Waals surface area (Å²) in [6, 6.07) is 16.8. The number of H-pyrrole nitrogens is 1. The minimum absolute atomic E-state index is 0.210. The van der Waals surface area contributed by atoms with Gasteiger partial charge in [-0.15, -0.1) is 11.3 Å². The Morgan fingerprint density at radius 2 is 1.71 bits per heavy atom. The fraction of sp³-hybridized carbons (Fsp3) is 0.0476. The lowest BCUT2D eigenvalue weighted by molar-refractivity contribution is 1.19. The molecule has 5 nitrogen and oxygen atoms in total. The zero-order valence-corrected chi connectivity index (χ0v) is 16.3. The van der Waals surface area contributed by atoms with E-state index in [4.69, 9.17) is 21.6 Å². The number of rotatable bonds is 2. The van der Waals surface area contributed by atoms with E-state index in [-0.39, 0.29) is 5.56 Å². The third kappa shape index (κ3) is 2.87. The lowest BCUT2D eigenvalue weighted by atomic mass is 10.0. The number of nitrogens with zero attached hydrogens (tertiary/aromatic N) is 3. The van der Waals surface area contributed by atoms with Crippen molar-refractivity contribution in [3.05, 3.63) is 75.0 Å². The third-order valence-corrected chi connectivity index (χ3v) is 5.64. The number of hydrogen-bond donors (Lipinski definition) is 1. The van der Waals surface area contributed by atoms with Crippen LogP contribution in [0.2, 0.25) is 5.02 Å². The Hall–Kier alpha value is -3.09. The number of fused-ring (bicyclic) bond motifs is 2. The van der Waals surface area contributed by atoms with Crippen LogP contribution in [0.3, 0.4) is 0 Å². The maximum absolute atomic E-state index is 11.7. The van der Waals surface area contributed by atoms with Gasteiger partial charge in [-0.25, -0.2) is 15.0 Å². The molecule has 0 atom stereocenters. The van der Waals surface area contributed by atoms with Crippen LogP contribution in [0.1, 0.15) is 5.01 Å². The van der Waals surface area contributed by atoms with Crippen LogP contribution in [0.4, 0.5) is 0 Å². The van der Waals surface area contributed by atoms with E-state index in [2.05, 4.69) is 9.97 Å². The number of nitrogens with one attached hydrogen (secondary N) is 1. The second-order valence-corrected chi connectivity index (χ2v) is 8.02. The van der Waals surface area contributed by atoms with Crippen molar-refractivity contribution in [2.75, 3.05) is 0 Å². The summed E-state index contributed by atoms with van der Waals surface area (Å²) >= 11 is 8.10. The van der Waals surface area contributed by atoms with E-state index in [1.165, 1.54) is 6.07 Å². The highest BCUT2D eigenvalue weighted by Gasteiger charge is 2.16. The summed E-state index contributed by atoms with van der Waals surface area (Å²) in [4.78, 5) is 28.5. The van der Waals surface area contributed by atoms with Crippen LogP contribution in [0.5, 0.6) is 0 Å². The standard InChI is InChI=1S/C21H13ClN4OS/c1-11-23-20-14(22)9-13(10-16(20)28-11)19-18(12-5-3-2-4-6-12)26-21-15(24-19)7-8-17(27)25-21/h2-10H,1H3,(H,25,26,27). The molecule has 0 aliphatic carbocycles. The topological polar surface area (TPSA) is 71.5 Å². The van der Waals surface area contributed by atoms with Gasteiger partial charge in [0, 0.05) is 17.2 Å². The van der Waals surface area contributed by atoms with Gasteiger partial charge in [-0.1, -0.05) is 41.9 Å². The van der Waals surface area contributed by atoms with E-state index in [1.54, 1.807) is 17.4 Å². The fourth-order valence-electron chi connectivity index (χ4n) is 3.20. The molecule has 2 aromatic carbocycles. The van der Waals surface area contributed by atoms with Gasteiger partial charge in [0.1, 0.15) is 11.0 Å². The average molecular weight is 405 g/mol. The van der Waals surface area contributed by atoms with Gasteiger partial charge in [-0.05, 0) is 25.1 Å². The normalized spacial score (nSPS) is 11.4. The number of aromatic amines is 1. The van der Waals surface area contributed by atoms with Crippen molar-refractivity contribution >= 4 is 44.3 Å². The number of hydrogen-bond acceptors (Lipinski definition) is 5. The second-order valence-electron chi connectivity index (χ2n) is 6.38.